The van der Waals surface area contributed by atoms with Crippen LogP contribution in [0.5, 0.6) is 0 Å². The van der Waals surface area contributed by atoms with Crippen molar-refractivity contribution in [3.05, 3.63) is 34.6 Å². The van der Waals surface area contributed by atoms with E-state index in [0.717, 1.165) is 5.56 Å². The van der Waals surface area contributed by atoms with E-state index in [1.807, 2.05) is 0 Å². The normalized spacial score (nSPS) is 10.2. The first kappa shape index (κ1) is 13.0. The molecule has 0 aliphatic rings. The van der Waals surface area contributed by atoms with Crippen molar-refractivity contribution in [2.45, 2.75) is 26.1 Å². The van der Waals surface area contributed by atoms with E-state index in [4.69, 9.17) is 16.3 Å². The summed E-state index contributed by atoms with van der Waals surface area (Å²) in [7, 11) is 0. The molecule has 2 nitrogen and oxygen atoms in total. The highest BCUT2D eigenvalue weighted by Gasteiger charge is 2.13. The molecule has 0 heterocycles. The Morgan fingerprint density at radius 3 is 2.75 bits per heavy atom. The third-order valence-corrected chi connectivity index (χ3v) is 2.49. The van der Waals surface area contributed by atoms with E-state index < -0.39 is 11.8 Å². The second-order valence-corrected chi connectivity index (χ2v) is 3.77. The zero-order chi connectivity index (χ0) is 12.1. The predicted octanol–water partition coefficient (Wildman–Crippen LogP) is 2.98. The fourth-order valence-electron chi connectivity index (χ4n) is 1.52. The molecule has 1 aromatic carbocycles. The zero-order valence-electron chi connectivity index (χ0n) is 9.35. The van der Waals surface area contributed by atoms with Crippen molar-refractivity contribution in [3.8, 4) is 0 Å². The first-order valence-electron chi connectivity index (χ1n) is 5.08. The van der Waals surface area contributed by atoms with Gasteiger partial charge in [0.2, 0.25) is 0 Å². The van der Waals surface area contributed by atoms with Crippen molar-refractivity contribution >= 4 is 17.6 Å². The Balaban J connectivity index is 2.98. The minimum absolute atomic E-state index is 0.0675. The molecule has 0 aliphatic carbocycles. The number of ether oxygens (including phenoxy) is 1. The molecule has 0 saturated heterocycles. The summed E-state index contributed by atoms with van der Waals surface area (Å²) in [5.74, 6) is -0.645. The number of hydrogen-bond acceptors (Lipinski definition) is 2. The number of hydrogen-bond donors (Lipinski definition) is 0. The van der Waals surface area contributed by atoms with Crippen molar-refractivity contribution in [3.63, 3.8) is 0 Å². The zero-order valence-corrected chi connectivity index (χ0v) is 10.1. The number of carbonyl (C=O) groups excluding carboxylic acids is 1. The van der Waals surface area contributed by atoms with Gasteiger partial charge in [-0.1, -0.05) is 6.07 Å². The third kappa shape index (κ3) is 3.20. The number of alkyl halides is 1. The van der Waals surface area contributed by atoms with Gasteiger partial charge in [-0.3, -0.25) is 4.79 Å². The maximum absolute atomic E-state index is 13.6. The first-order valence-corrected chi connectivity index (χ1v) is 5.61. The van der Waals surface area contributed by atoms with Gasteiger partial charge in [0.15, 0.2) is 0 Å². The molecule has 1 rings (SSSR count). The topological polar surface area (TPSA) is 26.3 Å². The van der Waals surface area contributed by atoms with Gasteiger partial charge in [-0.2, -0.15) is 0 Å². The van der Waals surface area contributed by atoms with E-state index in [0.29, 0.717) is 17.7 Å². The summed E-state index contributed by atoms with van der Waals surface area (Å²) in [6.07, 6.45) is -0.0675. The molecule has 0 fully saturated rings. The third-order valence-electron chi connectivity index (χ3n) is 2.20. The Bertz CT molecular complexity index is 391. The standard InChI is InChI=1S/C12H14ClFO2/c1-3-16-12(15)6-10-9(7-13)4-8(2)5-11(10)14/h4-5H,3,6-7H2,1-2H3. The van der Waals surface area contributed by atoms with Crippen molar-refractivity contribution in [1.29, 1.82) is 0 Å². The molecule has 0 amide bonds. The summed E-state index contributed by atoms with van der Waals surface area (Å²) in [4.78, 5) is 11.3. The highest BCUT2D eigenvalue weighted by molar-refractivity contribution is 6.17. The van der Waals surface area contributed by atoms with Crippen LogP contribution in [0.1, 0.15) is 23.6 Å². The fraction of sp³-hybridized carbons (Fsp3) is 0.417. The largest absolute Gasteiger partial charge is 0.466 e. The molecule has 0 atom stereocenters. The molecule has 0 spiro atoms. The van der Waals surface area contributed by atoms with Gasteiger partial charge in [0, 0.05) is 11.4 Å². The average Bonchev–Trinajstić information content (AvgIpc) is 2.22. The minimum atomic E-state index is -0.434. The van der Waals surface area contributed by atoms with Crippen LogP contribution in [0.3, 0.4) is 0 Å². The number of esters is 1. The molecule has 0 N–H and O–H groups in total. The van der Waals surface area contributed by atoms with E-state index in [1.54, 1.807) is 19.9 Å². The number of aryl methyl sites for hydroxylation is 1. The maximum Gasteiger partial charge on any atom is 0.310 e. The summed E-state index contributed by atoms with van der Waals surface area (Å²) < 4.78 is 18.4. The van der Waals surface area contributed by atoms with Crippen LogP contribution in [0.4, 0.5) is 4.39 Å². The molecule has 0 bridgehead atoms. The maximum atomic E-state index is 13.6. The van der Waals surface area contributed by atoms with Crippen molar-refractivity contribution in [1.82, 2.24) is 0 Å². The van der Waals surface area contributed by atoms with Crippen LogP contribution in [0.15, 0.2) is 12.1 Å². The van der Waals surface area contributed by atoms with Crippen LogP contribution >= 0.6 is 11.6 Å². The quantitative estimate of drug-likeness (QED) is 0.601. The highest BCUT2D eigenvalue weighted by atomic mass is 35.5. The molecule has 0 unspecified atom stereocenters. The molecule has 0 aromatic heterocycles. The molecule has 1 aromatic rings. The summed E-state index contributed by atoms with van der Waals surface area (Å²) in [5, 5.41) is 0. The van der Waals surface area contributed by atoms with E-state index in [-0.39, 0.29) is 12.3 Å². The lowest BCUT2D eigenvalue weighted by atomic mass is 10.0. The van der Waals surface area contributed by atoms with Crippen LogP contribution in [0.2, 0.25) is 0 Å². The lowest BCUT2D eigenvalue weighted by Gasteiger charge is -2.09. The molecule has 0 saturated carbocycles. The van der Waals surface area contributed by atoms with Crippen LogP contribution in [-0.2, 0) is 21.8 Å². The molecule has 0 aliphatic heterocycles. The molecule has 16 heavy (non-hydrogen) atoms. The Morgan fingerprint density at radius 1 is 1.50 bits per heavy atom. The Morgan fingerprint density at radius 2 is 2.19 bits per heavy atom. The molecular weight excluding hydrogens is 231 g/mol. The monoisotopic (exact) mass is 244 g/mol. The van der Waals surface area contributed by atoms with E-state index in [2.05, 4.69) is 0 Å². The summed E-state index contributed by atoms with van der Waals surface area (Å²) in [6, 6.07) is 3.18. The first-order chi connectivity index (χ1) is 7.58. The summed E-state index contributed by atoms with van der Waals surface area (Å²) in [5.41, 5.74) is 1.77. The van der Waals surface area contributed by atoms with Gasteiger partial charge in [0.05, 0.1) is 13.0 Å². The molecule has 88 valence electrons. The fourth-order valence-corrected chi connectivity index (χ4v) is 1.76. The van der Waals surface area contributed by atoms with Crippen LogP contribution in [0.25, 0.3) is 0 Å². The van der Waals surface area contributed by atoms with Gasteiger partial charge < -0.3 is 4.74 Å². The van der Waals surface area contributed by atoms with Gasteiger partial charge in [0.25, 0.3) is 0 Å². The molecule has 4 heteroatoms. The van der Waals surface area contributed by atoms with Crippen LogP contribution < -0.4 is 0 Å². The Labute approximate surface area is 99.4 Å². The summed E-state index contributed by atoms with van der Waals surface area (Å²) >= 11 is 5.72. The average molecular weight is 245 g/mol. The Kier molecular flexibility index (Phi) is 4.74. The highest BCUT2D eigenvalue weighted by Crippen LogP contribution is 2.19. The van der Waals surface area contributed by atoms with Crippen molar-refractivity contribution in [2.75, 3.05) is 6.61 Å². The minimum Gasteiger partial charge on any atom is -0.466 e. The number of halogens is 2. The lowest BCUT2D eigenvalue weighted by molar-refractivity contribution is -0.142. The van der Waals surface area contributed by atoms with E-state index in [1.165, 1.54) is 6.07 Å². The predicted molar refractivity (Wildman–Crippen MR) is 61.0 cm³/mol. The molecule has 0 radical (unpaired) electrons. The number of carbonyl (C=O) groups is 1. The lowest BCUT2D eigenvalue weighted by Crippen LogP contribution is -2.11. The molecular formula is C12H14ClFO2. The van der Waals surface area contributed by atoms with Gasteiger partial charge in [0.1, 0.15) is 5.82 Å². The van der Waals surface area contributed by atoms with Crippen LogP contribution in [-0.4, -0.2) is 12.6 Å². The summed E-state index contributed by atoms with van der Waals surface area (Å²) in [6.45, 7) is 3.79. The SMILES string of the molecule is CCOC(=O)Cc1c(F)cc(C)cc1CCl. The second kappa shape index (κ2) is 5.85. The van der Waals surface area contributed by atoms with Crippen molar-refractivity contribution in [2.24, 2.45) is 0 Å². The number of benzene rings is 1. The van der Waals surface area contributed by atoms with Crippen LogP contribution in [0, 0.1) is 12.7 Å². The second-order valence-electron chi connectivity index (χ2n) is 3.50. The van der Waals surface area contributed by atoms with E-state index >= 15 is 0 Å². The van der Waals surface area contributed by atoms with Gasteiger partial charge in [-0.15, -0.1) is 11.6 Å². The smallest absolute Gasteiger partial charge is 0.310 e. The van der Waals surface area contributed by atoms with E-state index in [9.17, 15) is 9.18 Å². The van der Waals surface area contributed by atoms with Crippen molar-refractivity contribution < 1.29 is 13.9 Å². The van der Waals surface area contributed by atoms with Gasteiger partial charge >= 0.3 is 5.97 Å². The Hall–Kier alpha value is -1.09. The van der Waals surface area contributed by atoms with Gasteiger partial charge in [-0.25, -0.2) is 4.39 Å². The van der Waals surface area contributed by atoms with Gasteiger partial charge in [-0.05, 0) is 31.0 Å². The number of rotatable bonds is 4.